The van der Waals surface area contributed by atoms with Crippen LogP contribution in [0.2, 0.25) is 0 Å². The fraction of sp³-hybridized carbons (Fsp3) is 0.240. The zero-order chi connectivity index (χ0) is 23.8. The van der Waals surface area contributed by atoms with E-state index in [-0.39, 0.29) is 17.2 Å². The number of nitrogens with two attached hydrogens (primary N) is 1. The Morgan fingerprint density at radius 1 is 1.09 bits per heavy atom. The molecule has 0 bridgehead atoms. The molecule has 1 fully saturated rings. The number of ether oxygens (including phenoxy) is 3. The van der Waals surface area contributed by atoms with Crippen LogP contribution in [0.4, 0.5) is 0 Å². The minimum atomic E-state index is -0.980. The van der Waals surface area contributed by atoms with Crippen molar-refractivity contribution in [3.05, 3.63) is 94.9 Å². The highest BCUT2D eigenvalue weighted by atomic mass is 32.2. The van der Waals surface area contributed by atoms with Gasteiger partial charge in [0, 0.05) is 11.6 Å². The second-order valence-electron chi connectivity index (χ2n) is 8.06. The molecule has 2 aromatic rings. The van der Waals surface area contributed by atoms with Gasteiger partial charge < -0.3 is 19.9 Å². The first kappa shape index (κ1) is 22.2. The van der Waals surface area contributed by atoms with Crippen molar-refractivity contribution in [1.29, 1.82) is 0 Å². The number of fused-ring (bicyclic) bond motifs is 1. The number of β-lactam (4-membered cyclic amide) rings is 1. The Balaban J connectivity index is 1.49. The van der Waals surface area contributed by atoms with Gasteiger partial charge in [-0.25, -0.2) is 9.59 Å². The average molecular weight is 479 g/mol. The molecule has 1 saturated heterocycles. The predicted octanol–water partition coefficient (Wildman–Crippen LogP) is 2.62. The van der Waals surface area contributed by atoms with Crippen LogP contribution in [-0.4, -0.2) is 46.2 Å². The molecule has 0 saturated carbocycles. The molecule has 0 aromatic heterocycles. The van der Waals surface area contributed by atoms with E-state index in [1.165, 1.54) is 22.7 Å². The molecule has 0 radical (unpaired) electrons. The van der Waals surface area contributed by atoms with Crippen LogP contribution in [0.15, 0.2) is 83.8 Å². The van der Waals surface area contributed by atoms with E-state index in [2.05, 4.69) is 0 Å². The van der Waals surface area contributed by atoms with Gasteiger partial charge in [-0.15, -0.1) is 11.8 Å². The van der Waals surface area contributed by atoms with Crippen LogP contribution in [0.5, 0.6) is 0 Å². The zero-order valence-electron chi connectivity index (χ0n) is 18.2. The Bertz CT molecular complexity index is 1160. The van der Waals surface area contributed by atoms with E-state index in [1.807, 2.05) is 60.7 Å². The van der Waals surface area contributed by atoms with Crippen LogP contribution >= 0.6 is 11.8 Å². The van der Waals surface area contributed by atoms with Gasteiger partial charge in [-0.3, -0.25) is 9.69 Å². The first-order valence-corrected chi connectivity index (χ1v) is 11.8. The van der Waals surface area contributed by atoms with E-state index in [9.17, 15) is 14.4 Å². The molecule has 174 valence electrons. The highest BCUT2D eigenvalue weighted by Crippen LogP contribution is 2.41. The molecule has 3 aliphatic heterocycles. The highest BCUT2D eigenvalue weighted by Gasteiger charge is 2.53. The van der Waals surface area contributed by atoms with Crippen molar-refractivity contribution in [1.82, 2.24) is 4.90 Å². The van der Waals surface area contributed by atoms with Gasteiger partial charge >= 0.3 is 11.9 Å². The van der Waals surface area contributed by atoms with E-state index in [4.69, 9.17) is 19.9 Å². The Morgan fingerprint density at radius 3 is 2.26 bits per heavy atom. The van der Waals surface area contributed by atoms with Crippen LogP contribution in [0, 0.1) is 0 Å². The summed E-state index contributed by atoms with van der Waals surface area (Å²) >= 11 is 1.38. The number of cyclic esters (lactones) is 1. The van der Waals surface area contributed by atoms with E-state index in [1.54, 1.807) is 6.92 Å². The van der Waals surface area contributed by atoms with Gasteiger partial charge in [0.15, 0.2) is 11.8 Å². The number of benzene rings is 2. The third kappa shape index (κ3) is 3.97. The van der Waals surface area contributed by atoms with Gasteiger partial charge in [0.1, 0.15) is 17.2 Å². The largest absolute Gasteiger partial charge is 0.452 e. The second-order valence-corrected chi connectivity index (χ2v) is 9.16. The average Bonchev–Trinajstić information content (AvgIpc) is 3.18. The van der Waals surface area contributed by atoms with E-state index in [0.29, 0.717) is 5.57 Å². The number of rotatable bonds is 6. The number of carbonyl (C=O) groups is 3. The van der Waals surface area contributed by atoms with Gasteiger partial charge in [-0.1, -0.05) is 60.7 Å². The molecule has 3 aliphatic rings. The minimum Gasteiger partial charge on any atom is -0.452 e. The fourth-order valence-corrected chi connectivity index (χ4v) is 5.23. The van der Waals surface area contributed by atoms with Crippen LogP contribution in [0.1, 0.15) is 24.2 Å². The molecule has 1 unspecified atom stereocenters. The molecule has 0 spiro atoms. The smallest absolute Gasteiger partial charge is 0.359 e. The lowest BCUT2D eigenvalue weighted by atomic mass is 10.0. The summed E-state index contributed by atoms with van der Waals surface area (Å²) in [6.45, 7) is 1.61. The van der Waals surface area contributed by atoms with Crippen LogP contribution in [-0.2, 0) is 28.6 Å². The van der Waals surface area contributed by atoms with Crippen molar-refractivity contribution >= 4 is 29.6 Å². The maximum absolute atomic E-state index is 13.6. The Kier molecular flexibility index (Phi) is 5.89. The van der Waals surface area contributed by atoms with E-state index >= 15 is 0 Å². The Morgan fingerprint density at radius 2 is 1.71 bits per heavy atom. The molecule has 9 heteroatoms. The van der Waals surface area contributed by atoms with Crippen molar-refractivity contribution in [3.63, 3.8) is 0 Å². The fourth-order valence-electron chi connectivity index (χ4n) is 4.02. The number of carbonyl (C=O) groups excluding carboxylic acids is 3. The maximum Gasteiger partial charge on any atom is 0.359 e. The molecule has 3 heterocycles. The third-order valence-corrected chi connectivity index (χ3v) is 7.06. The standard InChI is InChI=1S/C25H22N2O6S/c1-14-12-18(32-24(14)29)31-17-13-34-23-19(26)22(28)27(23)20(17)25(30)33-21(15-8-4-2-5-9-15)16-10-6-3-7-11-16/h2-12,18-19,21,23H,13,26H2,1H3/t18?,19-,23+/m1/s1. The number of esters is 2. The summed E-state index contributed by atoms with van der Waals surface area (Å²) in [5.41, 5.74) is 7.92. The van der Waals surface area contributed by atoms with Crippen molar-refractivity contribution in [3.8, 4) is 0 Å². The zero-order valence-corrected chi connectivity index (χ0v) is 19.1. The highest BCUT2D eigenvalue weighted by molar-refractivity contribution is 8.00. The number of hydrogen-bond acceptors (Lipinski definition) is 8. The molecule has 0 aliphatic carbocycles. The van der Waals surface area contributed by atoms with Crippen LogP contribution in [0.3, 0.4) is 0 Å². The Hall–Kier alpha value is -3.56. The molecule has 5 rings (SSSR count). The summed E-state index contributed by atoms with van der Waals surface area (Å²) in [6, 6.07) is 18.0. The van der Waals surface area contributed by atoms with Crippen molar-refractivity contribution in [2.45, 2.75) is 30.7 Å². The van der Waals surface area contributed by atoms with Gasteiger partial charge in [0.25, 0.3) is 6.29 Å². The quantitative estimate of drug-likeness (QED) is 0.499. The van der Waals surface area contributed by atoms with Gasteiger partial charge in [-0.2, -0.15) is 0 Å². The van der Waals surface area contributed by atoms with Crippen molar-refractivity contribution < 1.29 is 28.6 Å². The lowest BCUT2D eigenvalue weighted by Gasteiger charge is -2.48. The first-order valence-electron chi connectivity index (χ1n) is 10.7. The number of thioether (sulfide) groups is 1. The molecular formula is C25H22N2O6S. The third-order valence-electron chi connectivity index (χ3n) is 5.79. The van der Waals surface area contributed by atoms with Crippen LogP contribution < -0.4 is 5.73 Å². The molecule has 2 N–H and O–H groups in total. The van der Waals surface area contributed by atoms with Crippen LogP contribution in [0.25, 0.3) is 0 Å². The summed E-state index contributed by atoms with van der Waals surface area (Å²) < 4.78 is 17.0. The SMILES string of the molecule is CC1=CC(OC2=C(C(=O)OC(c3ccccc3)c3ccccc3)N3C(=O)[C@@H](N)[C@@H]3SC2)OC1=O. The van der Waals surface area contributed by atoms with Gasteiger partial charge in [0.2, 0.25) is 5.91 Å². The van der Waals surface area contributed by atoms with Gasteiger partial charge in [-0.05, 0) is 18.1 Å². The monoisotopic (exact) mass is 478 g/mol. The topological polar surface area (TPSA) is 108 Å². The second kappa shape index (κ2) is 9.00. The van der Waals surface area contributed by atoms with Crippen molar-refractivity contribution in [2.24, 2.45) is 5.73 Å². The molecule has 2 aromatic carbocycles. The first-order chi connectivity index (χ1) is 16.4. The molecule has 3 atom stereocenters. The molecule has 1 amide bonds. The summed E-state index contributed by atoms with van der Waals surface area (Å²) in [4.78, 5) is 39.3. The van der Waals surface area contributed by atoms with E-state index < -0.39 is 41.7 Å². The van der Waals surface area contributed by atoms with Gasteiger partial charge in [0.05, 0.1) is 5.75 Å². The lowest BCUT2D eigenvalue weighted by molar-refractivity contribution is -0.157. The summed E-state index contributed by atoms with van der Waals surface area (Å²) in [6.07, 6.45) is -0.158. The number of amides is 1. The summed E-state index contributed by atoms with van der Waals surface area (Å²) in [5, 5.41) is -0.391. The predicted molar refractivity (Wildman–Crippen MR) is 124 cm³/mol. The molecule has 34 heavy (non-hydrogen) atoms. The summed E-state index contributed by atoms with van der Waals surface area (Å²) in [7, 11) is 0. The lowest BCUT2D eigenvalue weighted by Crippen LogP contribution is -2.68. The van der Waals surface area contributed by atoms with Crippen molar-refractivity contribution in [2.75, 3.05) is 5.75 Å². The van der Waals surface area contributed by atoms with E-state index in [0.717, 1.165) is 11.1 Å². The maximum atomic E-state index is 13.6. The molecule has 8 nitrogen and oxygen atoms in total. The number of nitrogens with zero attached hydrogens (tertiary/aromatic N) is 1. The Labute approximate surface area is 200 Å². The molecular weight excluding hydrogens is 456 g/mol. The summed E-state index contributed by atoms with van der Waals surface area (Å²) in [5.74, 6) is -1.13. The normalized spacial score (nSPS) is 23.8. The minimum absolute atomic E-state index is 0.0127. The number of hydrogen-bond donors (Lipinski definition) is 1.